The topological polar surface area (TPSA) is 42.9 Å². The molecule has 1 rings (SSSR count). The van der Waals surface area contributed by atoms with E-state index in [9.17, 15) is 4.79 Å². The summed E-state index contributed by atoms with van der Waals surface area (Å²) in [4.78, 5) is 19.6. The van der Waals surface area contributed by atoms with Crippen LogP contribution in [0, 0.1) is 13.8 Å². The van der Waals surface area contributed by atoms with E-state index in [1.807, 2.05) is 26.8 Å². The van der Waals surface area contributed by atoms with E-state index in [0.717, 1.165) is 16.5 Å². The average Bonchev–Trinajstić information content (AvgIpc) is 1.98. The first-order chi connectivity index (χ1) is 6.97. The Morgan fingerprint density at radius 2 is 1.93 bits per heavy atom. The number of aromatic nitrogens is 2. The number of nitrogens with zero attached hydrogens (tertiary/aromatic N) is 2. The number of carbonyl (C=O) groups is 1. The summed E-state index contributed by atoms with van der Waals surface area (Å²) < 4.78 is 0. The van der Waals surface area contributed by atoms with Gasteiger partial charge in [0.2, 0.25) is 0 Å². The van der Waals surface area contributed by atoms with E-state index in [1.54, 1.807) is 18.7 Å². The monoisotopic (exact) mass is 224 g/mol. The SMILES string of the molecule is CC(=O)CC(C)Sc1nc(C)cc(C)n1. The minimum Gasteiger partial charge on any atom is -0.300 e. The van der Waals surface area contributed by atoms with Crippen molar-refractivity contribution in [3.8, 4) is 0 Å². The zero-order valence-corrected chi connectivity index (χ0v) is 10.4. The van der Waals surface area contributed by atoms with Crippen LogP contribution in [0.2, 0.25) is 0 Å². The van der Waals surface area contributed by atoms with Gasteiger partial charge in [0.1, 0.15) is 5.78 Å². The average molecular weight is 224 g/mol. The van der Waals surface area contributed by atoms with Gasteiger partial charge in [0, 0.05) is 23.1 Å². The second-order valence-electron chi connectivity index (χ2n) is 3.77. The van der Waals surface area contributed by atoms with E-state index in [1.165, 1.54) is 0 Å². The summed E-state index contributed by atoms with van der Waals surface area (Å²) in [5.41, 5.74) is 1.94. The van der Waals surface area contributed by atoms with E-state index in [4.69, 9.17) is 0 Å². The van der Waals surface area contributed by atoms with Gasteiger partial charge in [0.05, 0.1) is 0 Å². The number of aryl methyl sites for hydroxylation is 2. The zero-order valence-electron chi connectivity index (χ0n) is 9.57. The molecule has 3 nitrogen and oxygen atoms in total. The molecule has 1 heterocycles. The van der Waals surface area contributed by atoms with Crippen molar-refractivity contribution in [1.29, 1.82) is 0 Å². The van der Waals surface area contributed by atoms with Crippen LogP contribution in [0.15, 0.2) is 11.2 Å². The smallest absolute Gasteiger partial charge is 0.188 e. The van der Waals surface area contributed by atoms with Gasteiger partial charge in [0.25, 0.3) is 0 Å². The molecule has 0 saturated heterocycles. The number of ketones is 1. The lowest BCUT2D eigenvalue weighted by molar-refractivity contribution is -0.116. The Morgan fingerprint density at radius 3 is 2.40 bits per heavy atom. The predicted octanol–water partition coefficient (Wildman–Crippen LogP) is 2.55. The number of Topliss-reactive ketones (excluding diaryl/α,β-unsaturated/α-hetero) is 1. The van der Waals surface area contributed by atoms with Gasteiger partial charge in [-0.25, -0.2) is 9.97 Å². The Labute approximate surface area is 94.7 Å². The van der Waals surface area contributed by atoms with Gasteiger partial charge in [-0.3, -0.25) is 4.79 Å². The van der Waals surface area contributed by atoms with Crippen LogP contribution in [-0.4, -0.2) is 21.0 Å². The molecule has 82 valence electrons. The van der Waals surface area contributed by atoms with Crippen molar-refractivity contribution < 1.29 is 4.79 Å². The quantitative estimate of drug-likeness (QED) is 0.582. The first-order valence-corrected chi connectivity index (χ1v) is 5.83. The molecule has 0 aliphatic carbocycles. The molecular weight excluding hydrogens is 208 g/mol. The number of hydrogen-bond acceptors (Lipinski definition) is 4. The van der Waals surface area contributed by atoms with E-state index in [2.05, 4.69) is 9.97 Å². The maximum atomic E-state index is 10.9. The first-order valence-electron chi connectivity index (χ1n) is 4.95. The van der Waals surface area contributed by atoms with Gasteiger partial charge >= 0.3 is 0 Å². The molecule has 1 aromatic rings. The number of rotatable bonds is 4. The van der Waals surface area contributed by atoms with Crippen molar-refractivity contribution in [3.05, 3.63) is 17.5 Å². The fraction of sp³-hybridized carbons (Fsp3) is 0.545. The van der Waals surface area contributed by atoms with Crippen LogP contribution in [0.3, 0.4) is 0 Å². The predicted molar refractivity (Wildman–Crippen MR) is 62.1 cm³/mol. The van der Waals surface area contributed by atoms with E-state index in [0.29, 0.717) is 6.42 Å². The summed E-state index contributed by atoms with van der Waals surface area (Å²) in [5.74, 6) is 0.208. The van der Waals surface area contributed by atoms with E-state index in [-0.39, 0.29) is 11.0 Å². The molecule has 0 N–H and O–H groups in total. The van der Waals surface area contributed by atoms with E-state index >= 15 is 0 Å². The van der Waals surface area contributed by atoms with Gasteiger partial charge < -0.3 is 0 Å². The molecule has 0 spiro atoms. The summed E-state index contributed by atoms with van der Waals surface area (Å²) in [6.45, 7) is 7.54. The molecule has 0 amide bonds. The normalized spacial score (nSPS) is 12.5. The summed E-state index contributed by atoms with van der Waals surface area (Å²) in [6, 6.07) is 1.94. The minimum absolute atomic E-state index is 0.208. The van der Waals surface area contributed by atoms with E-state index < -0.39 is 0 Å². The number of hydrogen-bond donors (Lipinski definition) is 0. The molecule has 0 fully saturated rings. The van der Waals surface area contributed by atoms with Gasteiger partial charge in [-0.15, -0.1) is 0 Å². The standard InChI is InChI=1S/C11H16N2OS/c1-7-5-8(2)13-11(12-7)15-10(4)6-9(3)14/h5,10H,6H2,1-4H3. The van der Waals surface area contributed by atoms with Crippen LogP contribution in [0.1, 0.15) is 31.7 Å². The lowest BCUT2D eigenvalue weighted by Gasteiger charge is -2.08. The Kier molecular flexibility index (Phi) is 4.27. The van der Waals surface area contributed by atoms with Gasteiger partial charge in [-0.1, -0.05) is 18.7 Å². The van der Waals surface area contributed by atoms with Crippen LogP contribution in [0.25, 0.3) is 0 Å². The number of carbonyl (C=O) groups excluding carboxylic acids is 1. The lowest BCUT2D eigenvalue weighted by atomic mass is 10.2. The van der Waals surface area contributed by atoms with Crippen LogP contribution in [0.4, 0.5) is 0 Å². The molecule has 1 unspecified atom stereocenters. The molecule has 15 heavy (non-hydrogen) atoms. The Morgan fingerprint density at radius 1 is 1.40 bits per heavy atom. The third-order valence-corrected chi connectivity index (χ3v) is 2.81. The molecular formula is C11H16N2OS. The Bertz CT molecular complexity index is 345. The van der Waals surface area contributed by atoms with Crippen LogP contribution in [0.5, 0.6) is 0 Å². The molecule has 0 aliphatic heterocycles. The maximum absolute atomic E-state index is 10.9. The highest BCUT2D eigenvalue weighted by Gasteiger charge is 2.09. The molecule has 1 aromatic heterocycles. The molecule has 0 radical (unpaired) electrons. The minimum atomic E-state index is 0.208. The fourth-order valence-electron chi connectivity index (χ4n) is 1.37. The second-order valence-corrected chi connectivity index (χ2v) is 5.17. The molecule has 0 aromatic carbocycles. The molecule has 4 heteroatoms. The van der Waals surface area contributed by atoms with Gasteiger partial charge in [0.15, 0.2) is 5.16 Å². The summed E-state index contributed by atoms with van der Waals surface area (Å²) in [7, 11) is 0. The third-order valence-electron chi connectivity index (χ3n) is 1.84. The van der Waals surface area contributed by atoms with Crippen molar-refractivity contribution >= 4 is 17.5 Å². The Hall–Kier alpha value is -0.900. The summed E-state index contributed by atoms with van der Waals surface area (Å²) in [6.07, 6.45) is 0.570. The first kappa shape index (κ1) is 12.2. The highest BCUT2D eigenvalue weighted by Crippen LogP contribution is 2.22. The highest BCUT2D eigenvalue weighted by atomic mass is 32.2. The van der Waals surface area contributed by atoms with Crippen LogP contribution >= 0.6 is 11.8 Å². The number of thioether (sulfide) groups is 1. The third kappa shape index (κ3) is 4.42. The lowest BCUT2D eigenvalue weighted by Crippen LogP contribution is -2.04. The van der Waals surface area contributed by atoms with Crippen molar-refractivity contribution in [1.82, 2.24) is 9.97 Å². The molecule has 0 saturated carbocycles. The van der Waals surface area contributed by atoms with Crippen LogP contribution in [-0.2, 0) is 4.79 Å². The second kappa shape index (κ2) is 5.26. The summed E-state index contributed by atoms with van der Waals surface area (Å²) in [5, 5.41) is 1.00. The largest absolute Gasteiger partial charge is 0.300 e. The highest BCUT2D eigenvalue weighted by molar-refractivity contribution is 7.99. The fourth-order valence-corrected chi connectivity index (χ4v) is 2.44. The molecule has 0 bridgehead atoms. The van der Waals surface area contributed by atoms with Crippen LogP contribution < -0.4 is 0 Å². The van der Waals surface area contributed by atoms with Crippen molar-refractivity contribution in [3.63, 3.8) is 0 Å². The van der Waals surface area contributed by atoms with Gasteiger partial charge in [-0.05, 0) is 26.8 Å². The maximum Gasteiger partial charge on any atom is 0.188 e. The van der Waals surface area contributed by atoms with Crippen molar-refractivity contribution in [2.24, 2.45) is 0 Å². The molecule has 0 aliphatic rings. The summed E-state index contributed by atoms with van der Waals surface area (Å²) >= 11 is 1.56. The van der Waals surface area contributed by atoms with Crippen molar-refractivity contribution in [2.75, 3.05) is 0 Å². The molecule has 1 atom stereocenters. The Balaban J connectivity index is 2.67. The van der Waals surface area contributed by atoms with Gasteiger partial charge in [-0.2, -0.15) is 0 Å². The van der Waals surface area contributed by atoms with Crippen molar-refractivity contribution in [2.45, 2.75) is 44.5 Å². The zero-order chi connectivity index (χ0) is 11.4.